The van der Waals surface area contributed by atoms with E-state index in [-0.39, 0.29) is 5.60 Å². The van der Waals surface area contributed by atoms with Gasteiger partial charge >= 0.3 is 0 Å². The Morgan fingerprint density at radius 1 is 1.10 bits per heavy atom. The monoisotopic (exact) mass is 280 g/mol. The highest BCUT2D eigenvalue weighted by atomic mass is 16.5. The van der Waals surface area contributed by atoms with Gasteiger partial charge in [0.2, 0.25) is 0 Å². The van der Waals surface area contributed by atoms with Crippen LogP contribution in [0.2, 0.25) is 0 Å². The first kappa shape index (κ1) is 14.8. The summed E-state index contributed by atoms with van der Waals surface area (Å²) in [6.45, 7) is 4.86. The molecule has 1 N–H and O–H groups in total. The van der Waals surface area contributed by atoms with Gasteiger partial charge in [0.05, 0.1) is 5.60 Å². The van der Waals surface area contributed by atoms with E-state index in [1.54, 1.807) is 0 Å². The highest BCUT2D eigenvalue weighted by Gasteiger charge is 2.39. The van der Waals surface area contributed by atoms with Crippen LogP contribution in [0.15, 0.2) is 0 Å². The van der Waals surface area contributed by atoms with Gasteiger partial charge in [-0.1, -0.05) is 19.3 Å². The normalized spacial score (nSPS) is 32.5. The van der Waals surface area contributed by atoms with Crippen molar-refractivity contribution < 1.29 is 4.74 Å². The smallest absolute Gasteiger partial charge is 0.0805 e. The number of nitrogens with one attached hydrogen (secondary N) is 1. The van der Waals surface area contributed by atoms with E-state index in [9.17, 15) is 0 Å². The maximum atomic E-state index is 5.84. The van der Waals surface area contributed by atoms with Crippen LogP contribution in [0.5, 0.6) is 0 Å². The fourth-order valence-corrected chi connectivity index (χ4v) is 4.43. The van der Waals surface area contributed by atoms with Crippen molar-refractivity contribution in [3.8, 4) is 0 Å². The van der Waals surface area contributed by atoms with Crippen molar-refractivity contribution in [2.45, 2.75) is 69.4 Å². The molecule has 20 heavy (non-hydrogen) atoms. The van der Waals surface area contributed by atoms with Crippen LogP contribution in [0.1, 0.15) is 57.8 Å². The first-order valence-corrected chi connectivity index (χ1v) is 8.82. The van der Waals surface area contributed by atoms with Gasteiger partial charge in [-0.15, -0.1) is 0 Å². The molecular weight excluding hydrogens is 248 g/mol. The van der Waals surface area contributed by atoms with Gasteiger partial charge in [0, 0.05) is 26.2 Å². The fourth-order valence-electron chi connectivity index (χ4n) is 4.43. The summed E-state index contributed by atoms with van der Waals surface area (Å²) < 4.78 is 5.84. The van der Waals surface area contributed by atoms with Crippen LogP contribution < -0.4 is 5.32 Å². The summed E-state index contributed by atoms with van der Waals surface area (Å²) in [5.41, 5.74) is 0.196. The van der Waals surface area contributed by atoms with Crippen molar-refractivity contribution >= 4 is 0 Å². The minimum absolute atomic E-state index is 0.196. The molecule has 3 rings (SSSR count). The van der Waals surface area contributed by atoms with E-state index < -0.39 is 0 Å². The van der Waals surface area contributed by atoms with Gasteiger partial charge in [0.1, 0.15) is 0 Å². The highest BCUT2D eigenvalue weighted by molar-refractivity contribution is 4.94. The van der Waals surface area contributed by atoms with Crippen LogP contribution in [0, 0.1) is 5.92 Å². The van der Waals surface area contributed by atoms with Crippen LogP contribution in [-0.4, -0.2) is 49.8 Å². The van der Waals surface area contributed by atoms with Gasteiger partial charge in [-0.05, 0) is 57.5 Å². The third kappa shape index (κ3) is 3.37. The molecule has 1 atom stereocenters. The van der Waals surface area contributed by atoms with Crippen LogP contribution in [0.3, 0.4) is 0 Å². The maximum absolute atomic E-state index is 5.84. The Hall–Kier alpha value is -0.120. The number of hydrogen-bond donors (Lipinski definition) is 1. The lowest BCUT2D eigenvalue weighted by atomic mass is 9.79. The Kier molecular flexibility index (Phi) is 5.00. The molecule has 3 nitrogen and oxygen atoms in total. The molecule has 3 fully saturated rings. The first-order valence-electron chi connectivity index (χ1n) is 8.82. The molecule has 116 valence electrons. The van der Waals surface area contributed by atoms with Crippen molar-refractivity contribution in [1.29, 1.82) is 0 Å². The number of rotatable bonds is 4. The summed E-state index contributed by atoms with van der Waals surface area (Å²) in [6, 6.07) is 0.729. The number of methoxy groups -OCH3 is 1. The fraction of sp³-hybridized carbons (Fsp3) is 1.00. The van der Waals surface area contributed by atoms with Crippen LogP contribution >= 0.6 is 0 Å². The summed E-state index contributed by atoms with van der Waals surface area (Å²) >= 11 is 0. The number of nitrogens with zero attached hydrogens (tertiary/aromatic N) is 1. The van der Waals surface area contributed by atoms with Crippen molar-refractivity contribution in [2.75, 3.05) is 33.3 Å². The van der Waals surface area contributed by atoms with Gasteiger partial charge in [0.25, 0.3) is 0 Å². The average molecular weight is 280 g/mol. The van der Waals surface area contributed by atoms with Gasteiger partial charge in [-0.25, -0.2) is 0 Å². The lowest BCUT2D eigenvalue weighted by Crippen LogP contribution is -2.52. The molecule has 1 aliphatic heterocycles. The molecule has 0 bridgehead atoms. The molecule has 0 radical (unpaired) electrons. The minimum Gasteiger partial charge on any atom is -0.377 e. The second-order valence-corrected chi connectivity index (χ2v) is 7.29. The third-order valence-electron chi connectivity index (χ3n) is 5.94. The average Bonchev–Trinajstić information content (AvgIpc) is 2.69. The molecule has 2 aliphatic carbocycles. The molecule has 0 aromatic rings. The van der Waals surface area contributed by atoms with Crippen molar-refractivity contribution in [2.24, 2.45) is 5.92 Å². The zero-order valence-electron chi connectivity index (χ0n) is 13.2. The summed E-state index contributed by atoms with van der Waals surface area (Å²) in [4.78, 5) is 2.70. The number of hydrogen-bond acceptors (Lipinski definition) is 3. The Labute approximate surface area is 124 Å². The molecular formula is C17H32N2O. The quantitative estimate of drug-likeness (QED) is 0.857. The first-order chi connectivity index (χ1) is 9.81. The molecule has 1 heterocycles. The summed E-state index contributed by atoms with van der Waals surface area (Å²) in [7, 11) is 1.91. The maximum Gasteiger partial charge on any atom is 0.0805 e. The SMILES string of the molecule is COC1(CN2CCCNC(C3CCCCC3)C2)CCC1. The lowest BCUT2D eigenvalue weighted by molar-refractivity contribution is -0.0920. The standard InChI is InChI=1S/C17H32N2O/c1-20-17(9-5-10-17)14-19-12-6-11-18-16(13-19)15-7-3-2-4-8-15/h15-16,18H,2-14H2,1H3. The zero-order valence-corrected chi connectivity index (χ0v) is 13.2. The predicted octanol–water partition coefficient (Wildman–Crippen LogP) is 2.80. The highest BCUT2D eigenvalue weighted by Crippen LogP contribution is 2.36. The second kappa shape index (κ2) is 6.76. The van der Waals surface area contributed by atoms with E-state index in [0.717, 1.165) is 18.5 Å². The molecule has 3 heteroatoms. The van der Waals surface area contributed by atoms with E-state index in [1.807, 2.05) is 7.11 Å². The van der Waals surface area contributed by atoms with Crippen molar-refractivity contribution in [3.63, 3.8) is 0 Å². The molecule has 0 aromatic carbocycles. The van der Waals surface area contributed by atoms with Crippen LogP contribution in [0.25, 0.3) is 0 Å². The second-order valence-electron chi connectivity index (χ2n) is 7.29. The molecule has 0 amide bonds. The van der Waals surface area contributed by atoms with E-state index in [0.29, 0.717) is 0 Å². The molecule has 3 aliphatic rings. The van der Waals surface area contributed by atoms with E-state index in [2.05, 4.69) is 10.2 Å². The molecule has 0 spiro atoms. The molecule has 1 unspecified atom stereocenters. The van der Waals surface area contributed by atoms with Gasteiger partial charge in [-0.3, -0.25) is 4.90 Å². The Morgan fingerprint density at radius 2 is 1.90 bits per heavy atom. The molecule has 2 saturated carbocycles. The molecule has 0 aromatic heterocycles. The molecule has 1 saturated heterocycles. The Morgan fingerprint density at radius 3 is 2.55 bits per heavy atom. The summed E-state index contributed by atoms with van der Waals surface area (Å²) in [6.07, 6.45) is 12.4. The van der Waals surface area contributed by atoms with E-state index >= 15 is 0 Å². The largest absolute Gasteiger partial charge is 0.377 e. The Balaban J connectivity index is 1.57. The van der Waals surface area contributed by atoms with Crippen molar-refractivity contribution in [1.82, 2.24) is 10.2 Å². The zero-order chi connectivity index (χ0) is 13.8. The van der Waals surface area contributed by atoms with Gasteiger partial charge in [-0.2, -0.15) is 0 Å². The van der Waals surface area contributed by atoms with Crippen LogP contribution in [0.4, 0.5) is 0 Å². The summed E-state index contributed by atoms with van der Waals surface area (Å²) in [5.74, 6) is 0.921. The van der Waals surface area contributed by atoms with Gasteiger partial charge in [0.15, 0.2) is 0 Å². The number of ether oxygens (including phenoxy) is 1. The topological polar surface area (TPSA) is 24.5 Å². The van der Waals surface area contributed by atoms with Crippen molar-refractivity contribution in [3.05, 3.63) is 0 Å². The van der Waals surface area contributed by atoms with E-state index in [4.69, 9.17) is 4.74 Å². The van der Waals surface area contributed by atoms with Gasteiger partial charge < -0.3 is 10.1 Å². The Bertz CT molecular complexity index is 292. The van der Waals surface area contributed by atoms with E-state index in [1.165, 1.54) is 77.4 Å². The third-order valence-corrected chi connectivity index (χ3v) is 5.94. The summed E-state index contributed by atoms with van der Waals surface area (Å²) in [5, 5.41) is 3.84. The van der Waals surface area contributed by atoms with Crippen LogP contribution in [-0.2, 0) is 4.74 Å². The lowest BCUT2D eigenvalue weighted by Gasteiger charge is -2.44. The minimum atomic E-state index is 0.196. The predicted molar refractivity (Wildman–Crippen MR) is 83.0 cm³/mol.